The molecule has 0 atom stereocenters. The molecule has 2 aromatic carbocycles. The van der Waals surface area contributed by atoms with Crippen LogP contribution in [0.25, 0.3) is 0 Å². The van der Waals surface area contributed by atoms with Crippen molar-refractivity contribution in [3.8, 4) is 17.4 Å². The molecule has 1 aromatic heterocycles. The van der Waals surface area contributed by atoms with Crippen LogP contribution in [-0.2, 0) is 0 Å². The number of hydrogen-bond acceptors (Lipinski definition) is 6. The zero-order valence-corrected chi connectivity index (χ0v) is 15.7. The van der Waals surface area contributed by atoms with E-state index in [9.17, 15) is 10.1 Å². The number of rotatable bonds is 8. The van der Waals surface area contributed by atoms with Crippen LogP contribution in [0.2, 0.25) is 0 Å². The molecule has 3 aromatic rings. The van der Waals surface area contributed by atoms with Crippen molar-refractivity contribution in [2.24, 2.45) is 0 Å². The number of para-hydroxylation sites is 2. The summed E-state index contributed by atoms with van der Waals surface area (Å²) in [6.07, 6.45) is 0. The molecular formula is C21H21N3O4. The van der Waals surface area contributed by atoms with E-state index in [4.69, 9.17) is 9.47 Å². The summed E-state index contributed by atoms with van der Waals surface area (Å²) in [5.74, 6) is 1.19. The van der Waals surface area contributed by atoms with Gasteiger partial charge in [0.25, 0.3) is 0 Å². The molecule has 0 aliphatic carbocycles. The molecule has 28 heavy (non-hydrogen) atoms. The highest BCUT2D eigenvalue weighted by Gasteiger charge is 2.27. The maximum atomic E-state index is 11.8. The zero-order valence-electron chi connectivity index (χ0n) is 15.7. The summed E-state index contributed by atoms with van der Waals surface area (Å²) in [6, 6.07) is 18.3. The molecule has 0 bridgehead atoms. The molecule has 0 saturated carbocycles. The molecule has 0 amide bonds. The number of nitro groups is 1. The Morgan fingerprint density at radius 1 is 1.00 bits per heavy atom. The van der Waals surface area contributed by atoms with Crippen LogP contribution in [0.15, 0.2) is 60.7 Å². The van der Waals surface area contributed by atoms with Crippen molar-refractivity contribution in [1.29, 1.82) is 0 Å². The Balaban J connectivity index is 1.81. The Bertz CT molecular complexity index is 947. The molecular weight excluding hydrogens is 358 g/mol. The molecule has 144 valence electrons. The Hall–Kier alpha value is -3.61. The minimum Gasteiger partial charge on any atom is -0.492 e. The lowest BCUT2D eigenvalue weighted by Crippen LogP contribution is -2.14. The van der Waals surface area contributed by atoms with Crippen LogP contribution in [0, 0.1) is 24.0 Å². The van der Waals surface area contributed by atoms with Crippen molar-refractivity contribution < 1.29 is 14.4 Å². The average Bonchev–Trinajstić information content (AvgIpc) is 2.70. The molecule has 0 radical (unpaired) electrons. The van der Waals surface area contributed by atoms with Gasteiger partial charge in [0.15, 0.2) is 0 Å². The minimum atomic E-state index is -0.474. The van der Waals surface area contributed by atoms with Gasteiger partial charge in [-0.05, 0) is 38.1 Å². The number of benzene rings is 2. The fraction of sp³-hybridized carbons (Fsp3) is 0.190. The molecule has 0 aliphatic rings. The second-order valence-electron chi connectivity index (χ2n) is 6.11. The molecule has 0 aliphatic heterocycles. The molecule has 1 N–H and O–H groups in total. The first-order valence-electron chi connectivity index (χ1n) is 8.86. The largest absolute Gasteiger partial charge is 0.492 e. The van der Waals surface area contributed by atoms with Crippen molar-refractivity contribution in [3.63, 3.8) is 0 Å². The lowest BCUT2D eigenvalue weighted by Gasteiger charge is -2.15. The lowest BCUT2D eigenvalue weighted by atomic mass is 10.1. The van der Waals surface area contributed by atoms with Gasteiger partial charge in [-0.25, -0.2) is 4.98 Å². The molecule has 3 rings (SSSR count). The molecule has 0 unspecified atom stereocenters. The van der Waals surface area contributed by atoms with E-state index in [1.165, 1.54) is 0 Å². The smallest absolute Gasteiger partial charge is 0.354 e. The van der Waals surface area contributed by atoms with Crippen molar-refractivity contribution >= 4 is 11.4 Å². The fourth-order valence-electron chi connectivity index (χ4n) is 2.67. The number of aromatic nitrogens is 1. The van der Waals surface area contributed by atoms with Gasteiger partial charge in [0, 0.05) is 17.8 Å². The second kappa shape index (κ2) is 8.85. The first-order chi connectivity index (χ1) is 13.6. The van der Waals surface area contributed by atoms with Crippen LogP contribution >= 0.6 is 0 Å². The second-order valence-corrected chi connectivity index (χ2v) is 6.11. The Morgan fingerprint density at radius 3 is 2.21 bits per heavy atom. The van der Waals surface area contributed by atoms with Gasteiger partial charge in [-0.1, -0.05) is 36.4 Å². The van der Waals surface area contributed by atoms with Crippen molar-refractivity contribution in [1.82, 2.24) is 4.98 Å². The van der Waals surface area contributed by atoms with Gasteiger partial charge in [-0.2, -0.15) is 0 Å². The summed E-state index contributed by atoms with van der Waals surface area (Å²) in [4.78, 5) is 15.6. The summed E-state index contributed by atoms with van der Waals surface area (Å²) in [5, 5.41) is 14.9. The van der Waals surface area contributed by atoms with Gasteiger partial charge in [0.1, 0.15) is 23.8 Å². The maximum absolute atomic E-state index is 11.8. The minimum absolute atomic E-state index is 0.0363. The number of anilines is 1. The van der Waals surface area contributed by atoms with E-state index in [1.54, 1.807) is 38.1 Å². The third-order valence-corrected chi connectivity index (χ3v) is 4.18. The normalized spacial score (nSPS) is 10.4. The summed E-state index contributed by atoms with van der Waals surface area (Å²) in [6.45, 7) is 4.34. The van der Waals surface area contributed by atoms with Crippen LogP contribution in [-0.4, -0.2) is 23.1 Å². The number of aryl methyl sites for hydroxylation is 1. The van der Waals surface area contributed by atoms with Crippen molar-refractivity contribution in [2.75, 3.05) is 18.5 Å². The van der Waals surface area contributed by atoms with Crippen molar-refractivity contribution in [3.05, 3.63) is 82.0 Å². The number of ether oxygens (including phenoxy) is 2. The molecule has 1 heterocycles. The van der Waals surface area contributed by atoms with E-state index in [2.05, 4.69) is 10.3 Å². The van der Waals surface area contributed by atoms with Crippen molar-refractivity contribution in [2.45, 2.75) is 13.8 Å². The summed E-state index contributed by atoms with van der Waals surface area (Å²) >= 11 is 0. The van der Waals surface area contributed by atoms with Crippen LogP contribution < -0.4 is 14.8 Å². The number of pyridine rings is 1. The first kappa shape index (κ1) is 19.2. The molecule has 0 saturated heterocycles. The Kier molecular flexibility index (Phi) is 6.06. The lowest BCUT2D eigenvalue weighted by molar-refractivity contribution is -0.385. The van der Waals surface area contributed by atoms with E-state index >= 15 is 0 Å². The van der Waals surface area contributed by atoms with Gasteiger partial charge in [0.2, 0.25) is 0 Å². The molecule has 7 heteroatoms. The van der Waals surface area contributed by atoms with E-state index in [0.717, 1.165) is 5.75 Å². The average molecular weight is 379 g/mol. The number of hydrogen-bond donors (Lipinski definition) is 1. The maximum Gasteiger partial charge on any atom is 0.354 e. The monoisotopic (exact) mass is 379 g/mol. The van der Waals surface area contributed by atoms with Crippen LogP contribution in [0.3, 0.4) is 0 Å². The standard InChI is InChI=1S/C21H21N3O4/c1-15-16(2)23-21(28-18-11-7-4-8-12-18)20(24(25)26)19(15)22-13-14-27-17-9-5-3-6-10-17/h3-12H,13-14H2,1-2H3,(H,22,23). The third-order valence-electron chi connectivity index (χ3n) is 4.18. The molecule has 0 fully saturated rings. The van der Waals surface area contributed by atoms with E-state index < -0.39 is 4.92 Å². The van der Waals surface area contributed by atoms with E-state index in [0.29, 0.717) is 35.8 Å². The molecule has 7 nitrogen and oxygen atoms in total. The predicted octanol–water partition coefficient (Wildman–Crippen LogP) is 4.89. The van der Waals surface area contributed by atoms with Crippen LogP contribution in [0.5, 0.6) is 17.4 Å². The predicted molar refractivity (Wildman–Crippen MR) is 107 cm³/mol. The highest BCUT2D eigenvalue weighted by atomic mass is 16.6. The molecule has 0 spiro atoms. The number of nitrogens with one attached hydrogen (secondary N) is 1. The van der Waals surface area contributed by atoms with Gasteiger partial charge in [-0.15, -0.1) is 0 Å². The van der Waals surface area contributed by atoms with Gasteiger partial charge >= 0.3 is 11.6 Å². The SMILES string of the molecule is Cc1nc(Oc2ccccc2)c([N+](=O)[O-])c(NCCOc2ccccc2)c1C. The quantitative estimate of drug-likeness (QED) is 0.341. The summed E-state index contributed by atoms with van der Waals surface area (Å²) < 4.78 is 11.3. The third kappa shape index (κ3) is 4.56. The van der Waals surface area contributed by atoms with Crippen LogP contribution in [0.4, 0.5) is 11.4 Å². The summed E-state index contributed by atoms with van der Waals surface area (Å²) in [5.41, 5.74) is 1.56. The van der Waals surface area contributed by atoms with Gasteiger partial charge < -0.3 is 14.8 Å². The topological polar surface area (TPSA) is 86.5 Å². The first-order valence-corrected chi connectivity index (χ1v) is 8.86. The highest BCUT2D eigenvalue weighted by Crippen LogP contribution is 2.39. The fourth-order valence-corrected chi connectivity index (χ4v) is 2.67. The zero-order chi connectivity index (χ0) is 19.9. The van der Waals surface area contributed by atoms with E-state index in [-0.39, 0.29) is 11.6 Å². The highest BCUT2D eigenvalue weighted by molar-refractivity contribution is 5.71. The summed E-state index contributed by atoms with van der Waals surface area (Å²) in [7, 11) is 0. The van der Waals surface area contributed by atoms with Gasteiger partial charge in [0.05, 0.1) is 4.92 Å². The van der Waals surface area contributed by atoms with Crippen LogP contribution in [0.1, 0.15) is 11.3 Å². The Morgan fingerprint density at radius 2 is 1.61 bits per heavy atom. The van der Waals surface area contributed by atoms with E-state index in [1.807, 2.05) is 36.4 Å². The number of nitrogens with zero attached hydrogens (tertiary/aromatic N) is 2. The Labute approximate surface area is 163 Å². The van der Waals surface area contributed by atoms with Gasteiger partial charge in [-0.3, -0.25) is 10.1 Å².